The van der Waals surface area contributed by atoms with E-state index in [1.807, 2.05) is 0 Å². The van der Waals surface area contributed by atoms with Gasteiger partial charge in [0.25, 0.3) is 11.6 Å². The number of ether oxygens (including phenoxy) is 2. The van der Waals surface area contributed by atoms with E-state index in [-0.39, 0.29) is 43.7 Å². The number of carbonyl (C=O) groups excluding carboxylic acids is 4. The van der Waals surface area contributed by atoms with Gasteiger partial charge in [-0.05, 0) is 32.8 Å². The predicted octanol–water partition coefficient (Wildman–Crippen LogP) is 1.66. The highest BCUT2D eigenvalue weighted by molar-refractivity contribution is 6.00. The van der Waals surface area contributed by atoms with Crippen LogP contribution in [0.15, 0.2) is 24.3 Å². The molecule has 0 aliphatic rings. The molecule has 11 heteroatoms. The van der Waals surface area contributed by atoms with Crippen molar-refractivity contribution in [1.29, 1.82) is 0 Å². The summed E-state index contributed by atoms with van der Waals surface area (Å²) in [6.45, 7) is 4.92. The van der Waals surface area contributed by atoms with Crippen LogP contribution in [0.3, 0.4) is 0 Å². The van der Waals surface area contributed by atoms with E-state index >= 15 is 0 Å². The van der Waals surface area contributed by atoms with Crippen LogP contribution in [0.25, 0.3) is 0 Å². The van der Waals surface area contributed by atoms with Crippen molar-refractivity contribution >= 4 is 29.4 Å². The fraction of sp³-hybridized carbons (Fsp3) is 0.474. The van der Waals surface area contributed by atoms with Gasteiger partial charge >= 0.3 is 11.9 Å². The summed E-state index contributed by atoms with van der Waals surface area (Å²) in [5, 5.41) is 10.8. The molecule has 164 valence electrons. The van der Waals surface area contributed by atoms with Gasteiger partial charge in [0.1, 0.15) is 0 Å². The number of hydrogen-bond donors (Lipinski definition) is 2. The fourth-order valence-electron chi connectivity index (χ4n) is 2.64. The van der Waals surface area contributed by atoms with Gasteiger partial charge in [-0.25, -0.2) is 0 Å². The third-order valence-electron chi connectivity index (χ3n) is 4.35. The van der Waals surface area contributed by atoms with Crippen LogP contribution in [0.1, 0.15) is 50.4 Å². The Bertz CT molecular complexity index is 791. The molecule has 0 spiro atoms. The van der Waals surface area contributed by atoms with Gasteiger partial charge in [0.2, 0.25) is 5.91 Å². The number of amides is 2. The zero-order valence-corrected chi connectivity index (χ0v) is 17.1. The maximum Gasteiger partial charge on any atom is 0.323 e. The molecule has 0 aromatic heterocycles. The summed E-state index contributed by atoms with van der Waals surface area (Å²) < 4.78 is 9.98. The Hall–Kier alpha value is -3.50. The van der Waals surface area contributed by atoms with Gasteiger partial charge in [0.05, 0.1) is 18.1 Å². The van der Waals surface area contributed by atoms with E-state index in [4.69, 9.17) is 9.47 Å². The van der Waals surface area contributed by atoms with Crippen LogP contribution < -0.4 is 10.9 Å². The van der Waals surface area contributed by atoms with Crippen LogP contribution in [0.2, 0.25) is 0 Å². The number of nitrogens with one attached hydrogen (secondary N) is 2. The number of rotatable bonds is 10. The van der Waals surface area contributed by atoms with Crippen molar-refractivity contribution in [1.82, 2.24) is 10.9 Å². The van der Waals surface area contributed by atoms with Crippen LogP contribution in [0.5, 0.6) is 0 Å². The lowest BCUT2D eigenvalue weighted by Crippen LogP contribution is -2.45. The number of benzene rings is 1. The van der Waals surface area contributed by atoms with Crippen LogP contribution >= 0.6 is 0 Å². The second-order valence-electron chi connectivity index (χ2n) is 6.19. The molecular weight excluding hydrogens is 398 g/mol. The molecule has 0 unspecified atom stereocenters. The maximum absolute atomic E-state index is 12.4. The van der Waals surface area contributed by atoms with Gasteiger partial charge in [-0.3, -0.25) is 40.1 Å². The quantitative estimate of drug-likeness (QED) is 0.249. The summed E-state index contributed by atoms with van der Waals surface area (Å²) in [5.41, 5.74) is 2.36. The van der Waals surface area contributed by atoms with E-state index in [1.54, 1.807) is 20.8 Å². The second kappa shape index (κ2) is 11.5. The lowest BCUT2D eigenvalue weighted by atomic mass is 9.80. The van der Waals surface area contributed by atoms with E-state index in [2.05, 4.69) is 10.9 Å². The highest BCUT2D eigenvalue weighted by Crippen LogP contribution is 2.32. The number of hydrazine groups is 1. The first-order valence-corrected chi connectivity index (χ1v) is 9.39. The van der Waals surface area contributed by atoms with Gasteiger partial charge in [-0.2, -0.15) is 0 Å². The Balaban J connectivity index is 2.76. The molecule has 0 aliphatic heterocycles. The Kier molecular flexibility index (Phi) is 9.40. The van der Waals surface area contributed by atoms with Crippen LogP contribution in [-0.4, -0.2) is 41.9 Å². The van der Waals surface area contributed by atoms with Crippen molar-refractivity contribution in [2.75, 3.05) is 13.2 Å². The number of carbonyl (C=O) groups is 4. The summed E-state index contributed by atoms with van der Waals surface area (Å²) >= 11 is 0. The van der Waals surface area contributed by atoms with Crippen molar-refractivity contribution in [3.63, 3.8) is 0 Å². The minimum atomic E-state index is -1.63. The zero-order chi connectivity index (χ0) is 22.7. The molecule has 1 aromatic rings. The molecule has 0 heterocycles. The molecule has 2 amide bonds. The molecular formula is C19H25N3O8. The predicted molar refractivity (Wildman–Crippen MR) is 104 cm³/mol. The van der Waals surface area contributed by atoms with E-state index < -0.39 is 34.1 Å². The normalized spacial score (nSPS) is 10.6. The molecule has 0 bridgehead atoms. The minimum absolute atomic E-state index is 0.0227. The fourth-order valence-corrected chi connectivity index (χ4v) is 2.64. The van der Waals surface area contributed by atoms with Crippen molar-refractivity contribution in [2.24, 2.45) is 5.41 Å². The summed E-state index contributed by atoms with van der Waals surface area (Å²) in [6, 6.07) is 4.97. The smallest absolute Gasteiger partial charge is 0.323 e. The second-order valence-corrected chi connectivity index (χ2v) is 6.19. The number of esters is 2. The molecule has 0 atom stereocenters. The number of nitrogens with zero attached hydrogens (tertiary/aromatic N) is 1. The SMILES string of the molecule is CCOC(=O)C(CC)(CCC(=O)NNC(=O)c1cccc([N+](=O)[O-])c1)C(=O)OCC. The molecule has 1 rings (SSSR count). The molecule has 0 fully saturated rings. The first kappa shape index (κ1) is 24.5. The minimum Gasteiger partial charge on any atom is -0.465 e. The number of hydrogen-bond acceptors (Lipinski definition) is 8. The summed E-state index contributed by atoms with van der Waals surface area (Å²) in [5.74, 6) is -2.98. The number of non-ortho nitro benzene ring substituents is 1. The van der Waals surface area contributed by atoms with E-state index in [0.717, 1.165) is 6.07 Å². The van der Waals surface area contributed by atoms with E-state index in [0.29, 0.717) is 0 Å². The van der Waals surface area contributed by atoms with Crippen molar-refractivity contribution in [2.45, 2.75) is 40.0 Å². The lowest BCUT2D eigenvalue weighted by molar-refractivity contribution is -0.384. The standard InChI is InChI=1S/C19H25N3O8/c1-4-19(17(25)29-5-2,18(26)30-6-3)11-10-15(23)20-21-16(24)13-8-7-9-14(12-13)22(27)28/h7-9,12H,4-6,10-11H2,1-3H3,(H,20,23)(H,21,24). The van der Waals surface area contributed by atoms with E-state index in [9.17, 15) is 29.3 Å². The highest BCUT2D eigenvalue weighted by Gasteiger charge is 2.47. The summed E-state index contributed by atoms with van der Waals surface area (Å²) in [7, 11) is 0. The maximum atomic E-state index is 12.4. The molecule has 0 aliphatic carbocycles. The van der Waals surface area contributed by atoms with Gasteiger partial charge in [0.15, 0.2) is 5.41 Å². The molecule has 11 nitrogen and oxygen atoms in total. The van der Waals surface area contributed by atoms with Crippen LogP contribution in [0, 0.1) is 15.5 Å². The summed E-state index contributed by atoms with van der Waals surface area (Å²) in [4.78, 5) is 59.1. The third kappa shape index (κ3) is 6.26. The number of nitro groups is 1. The number of nitro benzene ring substituents is 1. The molecule has 0 saturated carbocycles. The Morgan fingerprint density at radius 3 is 2.13 bits per heavy atom. The van der Waals surface area contributed by atoms with Gasteiger partial charge in [0, 0.05) is 24.1 Å². The largest absolute Gasteiger partial charge is 0.465 e. The highest BCUT2D eigenvalue weighted by atomic mass is 16.6. The average Bonchev–Trinajstić information content (AvgIpc) is 2.73. The van der Waals surface area contributed by atoms with Gasteiger partial charge in [-0.1, -0.05) is 13.0 Å². The zero-order valence-electron chi connectivity index (χ0n) is 17.1. The average molecular weight is 423 g/mol. The molecule has 1 aromatic carbocycles. The van der Waals surface area contributed by atoms with Crippen LogP contribution in [0.4, 0.5) is 5.69 Å². The lowest BCUT2D eigenvalue weighted by Gasteiger charge is -2.27. The Labute approximate surface area is 173 Å². The topological polar surface area (TPSA) is 154 Å². The van der Waals surface area contributed by atoms with E-state index in [1.165, 1.54) is 18.2 Å². The van der Waals surface area contributed by atoms with Crippen molar-refractivity contribution < 1.29 is 33.6 Å². The molecule has 0 saturated heterocycles. The van der Waals surface area contributed by atoms with Gasteiger partial charge in [-0.15, -0.1) is 0 Å². The first-order valence-electron chi connectivity index (χ1n) is 9.39. The third-order valence-corrected chi connectivity index (χ3v) is 4.35. The molecule has 2 N–H and O–H groups in total. The Morgan fingerprint density at radius 1 is 1.03 bits per heavy atom. The molecule has 0 radical (unpaired) electrons. The Morgan fingerprint density at radius 2 is 1.63 bits per heavy atom. The summed E-state index contributed by atoms with van der Waals surface area (Å²) in [6.07, 6.45) is -0.391. The van der Waals surface area contributed by atoms with Crippen molar-refractivity contribution in [3.05, 3.63) is 39.9 Å². The van der Waals surface area contributed by atoms with Gasteiger partial charge < -0.3 is 9.47 Å². The molecule has 30 heavy (non-hydrogen) atoms. The first-order chi connectivity index (χ1) is 14.2. The van der Waals surface area contributed by atoms with Crippen LogP contribution in [-0.2, 0) is 23.9 Å². The monoisotopic (exact) mass is 423 g/mol. The van der Waals surface area contributed by atoms with Crippen molar-refractivity contribution in [3.8, 4) is 0 Å².